The number of benzene rings is 2. The molecule has 2 saturated heterocycles. The van der Waals surface area contributed by atoms with Crippen LogP contribution in [0.5, 0.6) is 5.88 Å². The number of ether oxygens (including phenoxy) is 1. The zero-order chi connectivity index (χ0) is 42.2. The number of thioether (sulfide) groups is 2. The van der Waals surface area contributed by atoms with Crippen LogP contribution in [-0.2, 0) is 26.7 Å². The fourth-order valence-electron chi connectivity index (χ4n) is 6.60. The van der Waals surface area contributed by atoms with Crippen LogP contribution < -0.4 is 20.9 Å². The number of carboxylic acid groups (broad SMARTS) is 1. The molecule has 59 heavy (non-hydrogen) atoms. The van der Waals surface area contributed by atoms with Crippen LogP contribution in [0.15, 0.2) is 87.3 Å². The molecule has 0 bridgehead atoms. The number of nitrogens with zero attached hydrogens (tertiary/aromatic N) is 8. The van der Waals surface area contributed by atoms with E-state index >= 15 is 0 Å². The van der Waals surface area contributed by atoms with E-state index in [1.54, 1.807) is 14.0 Å². The average molecular weight is 899 g/mol. The van der Waals surface area contributed by atoms with E-state index in [1.165, 1.54) is 26.7 Å². The Bertz CT molecular complexity index is 2490. The maximum Gasteiger partial charge on any atom is 0.352 e. The maximum absolute atomic E-state index is 13.9. The lowest BCUT2D eigenvalue weighted by atomic mass is 9.88. The largest absolute Gasteiger partial charge is 0.477 e. The fraction of sp³-hybridized carbons (Fsp3) is 0.314. The van der Waals surface area contributed by atoms with Gasteiger partial charge in [-0.2, -0.15) is 4.98 Å². The first-order chi connectivity index (χ1) is 28.1. The zero-order valence-electron chi connectivity index (χ0n) is 31.2. The highest BCUT2D eigenvalue weighted by molar-refractivity contribution is 8.01. The van der Waals surface area contributed by atoms with Gasteiger partial charge in [0.2, 0.25) is 15.9 Å². The molecule has 3 N–H and O–H groups in total. The Hall–Kier alpha value is -5.43. The molecule has 5 amide bonds. The Balaban J connectivity index is 1.05. The molecule has 3 aliphatic heterocycles. The second kappa shape index (κ2) is 16.7. The summed E-state index contributed by atoms with van der Waals surface area (Å²) < 4.78 is 35.8. The van der Waals surface area contributed by atoms with Crippen LogP contribution in [0.25, 0.3) is 0 Å². The standard InChI is InChI=1S/C35H34N10O9S5/c1-35(38-26(46)23(22-18-58-41-39-22)36-32(50)43-14-15-44(34(43)51)59(3,52)53)30(55)45-24(29(48)49)21(16-56-31(35)45)17-57-33-37-27(47)28(40-42(33)2)54-25(19-10-6-4-7-11-19)20-12-8-5-9-13-20/h4-13,18,23,25,31H,14-17H2,1-3H3,(H,36,50)(H,38,46)(H,48,49)/t23?,31-,35+/m0/s1. The highest BCUT2D eigenvalue weighted by Crippen LogP contribution is 2.47. The molecule has 2 aromatic heterocycles. The summed E-state index contributed by atoms with van der Waals surface area (Å²) in [4.78, 5) is 72.2. The summed E-state index contributed by atoms with van der Waals surface area (Å²) in [7, 11) is -2.33. The van der Waals surface area contributed by atoms with Gasteiger partial charge in [-0.15, -0.1) is 22.0 Å². The number of rotatable bonds is 13. The van der Waals surface area contributed by atoms with E-state index in [1.807, 2.05) is 60.7 Å². The number of urea groups is 2. The molecule has 2 aromatic carbocycles. The first-order valence-corrected chi connectivity index (χ1v) is 22.6. The highest BCUT2D eigenvalue weighted by Gasteiger charge is 2.60. The summed E-state index contributed by atoms with van der Waals surface area (Å²) in [5.74, 6) is -1.92. The van der Waals surface area contributed by atoms with Crippen molar-refractivity contribution in [3.63, 3.8) is 0 Å². The molecule has 1 unspecified atom stereocenters. The monoisotopic (exact) mass is 898 g/mol. The minimum atomic E-state index is -3.93. The van der Waals surface area contributed by atoms with Gasteiger partial charge in [0.15, 0.2) is 17.3 Å². The third-order valence-corrected chi connectivity index (χ3v) is 14.4. The van der Waals surface area contributed by atoms with Crippen LogP contribution in [0.3, 0.4) is 0 Å². The zero-order valence-corrected chi connectivity index (χ0v) is 35.3. The fourth-order valence-corrected chi connectivity index (χ4v) is 10.9. The van der Waals surface area contributed by atoms with E-state index in [2.05, 4.69) is 30.3 Å². The van der Waals surface area contributed by atoms with Crippen LogP contribution in [0.1, 0.15) is 35.9 Å². The molecule has 0 saturated carbocycles. The predicted octanol–water partition coefficient (Wildman–Crippen LogP) is 2.36. The molecule has 3 aliphatic rings. The van der Waals surface area contributed by atoms with Crippen molar-refractivity contribution in [1.82, 2.24) is 49.1 Å². The quantitative estimate of drug-likeness (QED) is 0.129. The number of fused-ring (bicyclic) bond motifs is 1. The van der Waals surface area contributed by atoms with Gasteiger partial charge in [0.1, 0.15) is 27.3 Å². The summed E-state index contributed by atoms with van der Waals surface area (Å²) in [5.41, 5.74) is 0.0938. The van der Waals surface area contributed by atoms with Gasteiger partial charge in [0.05, 0.1) is 19.3 Å². The van der Waals surface area contributed by atoms with Crippen LogP contribution >= 0.6 is 47.3 Å². The first-order valence-electron chi connectivity index (χ1n) is 17.5. The summed E-state index contributed by atoms with van der Waals surface area (Å²) in [6.07, 6.45) is 0.209. The van der Waals surface area contributed by atoms with E-state index < -0.39 is 62.6 Å². The van der Waals surface area contributed by atoms with Gasteiger partial charge >= 0.3 is 29.5 Å². The Morgan fingerprint density at radius 1 is 1.08 bits per heavy atom. The number of hydrogen-bond acceptors (Lipinski definition) is 16. The number of carboxylic acids is 1. The van der Waals surface area contributed by atoms with Crippen LogP contribution in [0.2, 0.25) is 0 Å². The van der Waals surface area contributed by atoms with E-state index in [9.17, 15) is 37.5 Å². The minimum absolute atomic E-state index is 0.0455. The van der Waals surface area contributed by atoms with E-state index in [4.69, 9.17) is 17.0 Å². The molecule has 19 nitrogen and oxygen atoms in total. The summed E-state index contributed by atoms with van der Waals surface area (Å²) in [6, 6.07) is 15.2. The molecule has 0 radical (unpaired) electrons. The Kier molecular flexibility index (Phi) is 11.8. The van der Waals surface area contributed by atoms with Gasteiger partial charge in [0, 0.05) is 23.9 Å². The van der Waals surface area contributed by atoms with Crippen LogP contribution in [0.4, 0.5) is 9.59 Å². The van der Waals surface area contributed by atoms with E-state index in [0.29, 0.717) is 14.8 Å². The smallest absolute Gasteiger partial charge is 0.352 e. The number of aryl methyl sites for hydroxylation is 1. The van der Waals surface area contributed by atoms with Gasteiger partial charge in [0.25, 0.3) is 0 Å². The topological polar surface area (TPSA) is 239 Å². The van der Waals surface area contributed by atoms with E-state index in [-0.39, 0.29) is 52.0 Å². The van der Waals surface area contributed by atoms with Crippen molar-refractivity contribution in [2.75, 3.05) is 30.9 Å². The van der Waals surface area contributed by atoms with Gasteiger partial charge in [-0.3, -0.25) is 9.59 Å². The van der Waals surface area contributed by atoms with Crippen molar-refractivity contribution in [3.05, 3.63) is 104 Å². The van der Waals surface area contributed by atoms with Crippen molar-refractivity contribution in [3.8, 4) is 5.88 Å². The normalized spacial score (nSPS) is 19.7. The predicted molar refractivity (Wildman–Crippen MR) is 220 cm³/mol. The number of carbonyl (C=O) groups excluding carboxylic acids is 3. The summed E-state index contributed by atoms with van der Waals surface area (Å²) >= 11 is 9.07. The number of thiocarbonyl (C=S) groups is 1. The minimum Gasteiger partial charge on any atom is -0.477 e. The second-order valence-corrected chi connectivity index (χ2v) is 18.4. The number of imide groups is 1. The lowest BCUT2D eigenvalue weighted by Gasteiger charge is -2.58. The molecule has 7 rings (SSSR count). The third-order valence-electron chi connectivity index (χ3n) is 9.49. The van der Waals surface area contributed by atoms with Crippen molar-refractivity contribution < 1.29 is 37.4 Å². The van der Waals surface area contributed by atoms with Crippen LogP contribution in [0, 0.1) is 0 Å². The van der Waals surface area contributed by atoms with Crippen molar-refractivity contribution >= 4 is 86.2 Å². The van der Waals surface area contributed by atoms with Crippen LogP contribution in [-0.4, -0.2) is 123 Å². The van der Waals surface area contributed by atoms with Crippen molar-refractivity contribution in [2.45, 2.75) is 35.1 Å². The molecule has 24 heteroatoms. The number of nitrogens with one attached hydrogen (secondary N) is 2. The third kappa shape index (κ3) is 8.26. The molecule has 0 spiro atoms. The van der Waals surface area contributed by atoms with Gasteiger partial charge in [-0.25, -0.2) is 36.7 Å². The second-order valence-electron chi connectivity index (χ2n) is 13.5. The Morgan fingerprint density at radius 3 is 2.32 bits per heavy atom. The maximum atomic E-state index is 13.9. The molecule has 308 valence electrons. The molecule has 2 fully saturated rings. The van der Waals surface area contributed by atoms with Crippen molar-refractivity contribution in [1.29, 1.82) is 0 Å². The van der Waals surface area contributed by atoms with E-state index in [0.717, 1.165) is 40.7 Å². The number of aliphatic carboxylic acids is 1. The molecular weight excluding hydrogens is 865 g/mol. The van der Waals surface area contributed by atoms with Gasteiger partial charge < -0.3 is 25.4 Å². The average Bonchev–Trinajstić information content (AvgIpc) is 3.90. The van der Waals surface area contributed by atoms with Crippen molar-refractivity contribution in [2.24, 2.45) is 7.05 Å². The summed E-state index contributed by atoms with van der Waals surface area (Å²) in [6.45, 7) is 1.13. The lowest BCUT2D eigenvalue weighted by Crippen LogP contribution is -2.78. The van der Waals surface area contributed by atoms with Gasteiger partial charge in [-0.1, -0.05) is 89.1 Å². The number of hydrogen-bond donors (Lipinski definition) is 3. The number of sulfonamides is 1. The number of carbonyl (C=O) groups is 4. The first kappa shape index (κ1) is 41.7. The SMILES string of the molecule is Cn1nc(OC(c2ccccc2)c2ccccc2)c(=O)nc1SCC1=C(C(=O)O)N2C(=S)[C@@](C)(NC(=O)C(NC(=O)N3CCN(S(C)(=O)=O)C3=O)c3csnn3)[C@@H]2SC1. The molecule has 3 atom stereocenters. The lowest BCUT2D eigenvalue weighted by molar-refractivity contribution is -0.134. The molecule has 0 aliphatic carbocycles. The molecular formula is C35H34N10O9S5. The highest BCUT2D eigenvalue weighted by atomic mass is 32.2. The Morgan fingerprint density at radius 2 is 1.75 bits per heavy atom. The number of amides is 5. The summed E-state index contributed by atoms with van der Waals surface area (Å²) in [5, 5.41) is 25.0. The number of aromatic nitrogens is 5. The molecule has 4 aromatic rings. The Labute approximate surface area is 354 Å². The van der Waals surface area contributed by atoms with Gasteiger partial charge in [-0.05, 0) is 35.2 Å². The molecule has 5 heterocycles.